The Morgan fingerprint density at radius 1 is 1.15 bits per heavy atom. The van der Waals surface area contributed by atoms with E-state index in [2.05, 4.69) is 33.8 Å². The van der Waals surface area contributed by atoms with Crippen molar-refractivity contribution in [3.8, 4) is 11.3 Å². The number of imidazole rings is 1. The van der Waals surface area contributed by atoms with Crippen LogP contribution in [0.1, 0.15) is 43.7 Å². The minimum absolute atomic E-state index is 0.0801. The van der Waals surface area contributed by atoms with Crippen molar-refractivity contribution >= 4 is 6.09 Å². The molecule has 1 aromatic heterocycles. The Hall–Kier alpha value is -2.34. The summed E-state index contributed by atoms with van der Waals surface area (Å²) in [5.41, 5.74) is 3.51. The molecule has 1 aliphatic carbocycles. The van der Waals surface area contributed by atoms with E-state index in [0.717, 1.165) is 37.8 Å². The summed E-state index contributed by atoms with van der Waals surface area (Å²) in [6.45, 7) is 0. The van der Waals surface area contributed by atoms with Gasteiger partial charge in [0, 0.05) is 29.0 Å². The topological polar surface area (TPSA) is 78.6 Å². The number of hydrogen-bond donors (Lipinski definition) is 2. The number of nitrogens with zero attached hydrogens (tertiary/aromatic N) is 3. The SMILES string of the molecule is O=C(O)N1[C@@H]2CC[C@H]1C[C@@]1(C[C@@H]([C@H]3c4ccccc4-c4cncn43)[C@@H]1O)C2. The third kappa shape index (κ3) is 1.89. The largest absolute Gasteiger partial charge is 0.465 e. The van der Waals surface area contributed by atoms with Crippen LogP contribution in [0.2, 0.25) is 0 Å². The van der Waals surface area contributed by atoms with Crippen LogP contribution in [0, 0.1) is 11.3 Å². The summed E-state index contributed by atoms with van der Waals surface area (Å²) in [7, 11) is 0. The smallest absolute Gasteiger partial charge is 0.407 e. The summed E-state index contributed by atoms with van der Waals surface area (Å²) < 4.78 is 2.21. The number of aromatic nitrogens is 2. The lowest BCUT2D eigenvalue weighted by Crippen LogP contribution is -2.62. The molecule has 1 aromatic carbocycles. The zero-order valence-electron chi connectivity index (χ0n) is 15.0. The number of piperidine rings is 1. The maximum Gasteiger partial charge on any atom is 0.407 e. The Bertz CT molecular complexity index is 924. The van der Waals surface area contributed by atoms with Crippen molar-refractivity contribution < 1.29 is 15.0 Å². The Balaban J connectivity index is 1.31. The number of benzene rings is 1. The molecule has 0 radical (unpaired) electrons. The van der Waals surface area contributed by atoms with Gasteiger partial charge in [0.05, 0.1) is 30.4 Å². The third-order valence-corrected chi connectivity index (χ3v) is 7.73. The number of carbonyl (C=O) groups is 1. The molecule has 4 aliphatic rings. The van der Waals surface area contributed by atoms with E-state index < -0.39 is 6.09 Å². The van der Waals surface area contributed by atoms with E-state index in [0.29, 0.717) is 0 Å². The first-order valence-electron chi connectivity index (χ1n) is 9.89. The van der Waals surface area contributed by atoms with Crippen LogP contribution in [0.5, 0.6) is 0 Å². The maximum atomic E-state index is 11.6. The minimum atomic E-state index is -0.796. The van der Waals surface area contributed by atoms with Crippen molar-refractivity contribution in [1.29, 1.82) is 0 Å². The summed E-state index contributed by atoms with van der Waals surface area (Å²) >= 11 is 0. The summed E-state index contributed by atoms with van der Waals surface area (Å²) in [4.78, 5) is 17.6. The predicted octanol–water partition coefficient (Wildman–Crippen LogP) is 3.12. The van der Waals surface area contributed by atoms with Gasteiger partial charge in [-0.2, -0.15) is 0 Å². The number of aliphatic hydroxyl groups is 1. The van der Waals surface area contributed by atoms with E-state index in [4.69, 9.17) is 0 Å². The van der Waals surface area contributed by atoms with Gasteiger partial charge in [-0.1, -0.05) is 24.3 Å². The number of carboxylic acid groups (broad SMARTS) is 1. The summed E-state index contributed by atoms with van der Waals surface area (Å²) in [6, 6.07) is 8.72. The number of fused-ring (bicyclic) bond motifs is 5. The normalized spacial score (nSPS) is 38.6. The minimum Gasteiger partial charge on any atom is -0.465 e. The molecule has 1 amide bonds. The Kier molecular flexibility index (Phi) is 2.98. The van der Waals surface area contributed by atoms with Crippen LogP contribution in [0.3, 0.4) is 0 Å². The van der Waals surface area contributed by atoms with Crippen molar-refractivity contribution in [1.82, 2.24) is 14.5 Å². The number of amides is 1. The molecule has 6 atom stereocenters. The summed E-state index contributed by atoms with van der Waals surface area (Å²) in [5.74, 6) is 0.164. The van der Waals surface area contributed by atoms with Crippen LogP contribution in [0.15, 0.2) is 36.8 Å². The molecule has 3 aliphatic heterocycles. The molecule has 2 aromatic rings. The standard InChI is InChI=1S/C21H23N3O3/c25-19-16(9-21(19)7-12-5-6-13(8-21)24(12)20(26)27)18-15-4-2-1-3-14(15)17-10-22-11-23(17)18/h1-4,10-13,16,18-19,25H,5-9H2,(H,26,27)/t12-,13+,16-,18+,19-,21-/m0/s1. The van der Waals surface area contributed by atoms with Gasteiger partial charge in [-0.05, 0) is 37.7 Å². The van der Waals surface area contributed by atoms with Gasteiger partial charge in [-0.25, -0.2) is 9.78 Å². The fourth-order valence-corrected chi connectivity index (χ4v) is 6.69. The zero-order valence-corrected chi connectivity index (χ0v) is 15.0. The van der Waals surface area contributed by atoms with Gasteiger partial charge in [0.15, 0.2) is 0 Å². The van der Waals surface area contributed by atoms with Gasteiger partial charge in [0.1, 0.15) is 0 Å². The molecule has 0 unspecified atom stereocenters. The van der Waals surface area contributed by atoms with Crippen molar-refractivity contribution in [2.45, 2.75) is 56.3 Å². The molecule has 4 heterocycles. The van der Waals surface area contributed by atoms with Gasteiger partial charge < -0.3 is 19.7 Å². The first-order chi connectivity index (χ1) is 13.1. The third-order valence-electron chi connectivity index (χ3n) is 7.73. The molecule has 27 heavy (non-hydrogen) atoms. The van der Waals surface area contributed by atoms with Gasteiger partial charge in [0.25, 0.3) is 0 Å². The Morgan fingerprint density at radius 2 is 1.89 bits per heavy atom. The fourth-order valence-electron chi connectivity index (χ4n) is 6.69. The van der Waals surface area contributed by atoms with Gasteiger partial charge in [0.2, 0.25) is 0 Å². The highest BCUT2D eigenvalue weighted by Gasteiger charge is 2.62. The van der Waals surface area contributed by atoms with E-state index in [9.17, 15) is 15.0 Å². The molecule has 1 spiro atoms. The summed E-state index contributed by atoms with van der Waals surface area (Å²) in [5, 5.41) is 20.8. The Labute approximate surface area is 157 Å². The molecule has 2 N–H and O–H groups in total. The molecular formula is C21H23N3O3. The predicted molar refractivity (Wildman–Crippen MR) is 98.3 cm³/mol. The van der Waals surface area contributed by atoms with Crippen LogP contribution < -0.4 is 0 Å². The van der Waals surface area contributed by atoms with E-state index in [1.165, 1.54) is 11.1 Å². The van der Waals surface area contributed by atoms with Crippen LogP contribution in [0.4, 0.5) is 4.79 Å². The van der Waals surface area contributed by atoms with E-state index in [1.807, 2.05) is 12.5 Å². The molecule has 6 rings (SSSR count). The van der Waals surface area contributed by atoms with Crippen molar-refractivity contribution in [3.63, 3.8) is 0 Å². The van der Waals surface area contributed by atoms with E-state index in [1.54, 1.807) is 4.90 Å². The maximum absolute atomic E-state index is 11.6. The quantitative estimate of drug-likeness (QED) is 0.814. The molecule has 3 fully saturated rings. The van der Waals surface area contributed by atoms with Crippen LogP contribution in [0.25, 0.3) is 11.3 Å². The highest BCUT2D eigenvalue weighted by molar-refractivity contribution is 5.69. The lowest BCUT2D eigenvalue weighted by Gasteiger charge is -2.59. The second-order valence-electron chi connectivity index (χ2n) is 8.88. The first kappa shape index (κ1) is 15.7. The van der Waals surface area contributed by atoms with E-state index in [-0.39, 0.29) is 35.6 Å². The second kappa shape index (κ2) is 5.13. The average molecular weight is 365 g/mol. The number of rotatable bonds is 1. The molecule has 6 heteroatoms. The fraction of sp³-hybridized carbons (Fsp3) is 0.524. The lowest BCUT2D eigenvalue weighted by atomic mass is 9.51. The average Bonchev–Trinajstić information content (AvgIpc) is 3.32. The lowest BCUT2D eigenvalue weighted by molar-refractivity contribution is -0.166. The summed E-state index contributed by atoms with van der Waals surface area (Å²) in [6.07, 6.45) is 7.06. The van der Waals surface area contributed by atoms with Crippen LogP contribution in [-0.4, -0.2) is 48.9 Å². The second-order valence-corrected chi connectivity index (χ2v) is 8.88. The zero-order chi connectivity index (χ0) is 18.3. The number of aliphatic hydroxyl groups excluding tert-OH is 1. The molecule has 140 valence electrons. The van der Waals surface area contributed by atoms with Crippen LogP contribution >= 0.6 is 0 Å². The van der Waals surface area contributed by atoms with Crippen molar-refractivity contribution in [2.24, 2.45) is 11.3 Å². The molecule has 2 saturated heterocycles. The molecule has 2 bridgehead atoms. The number of hydrogen-bond acceptors (Lipinski definition) is 3. The first-order valence-corrected chi connectivity index (χ1v) is 9.89. The molecular weight excluding hydrogens is 342 g/mol. The van der Waals surface area contributed by atoms with Gasteiger partial charge in [-0.3, -0.25) is 0 Å². The highest BCUT2D eigenvalue weighted by Crippen LogP contribution is 2.62. The monoisotopic (exact) mass is 365 g/mol. The van der Waals surface area contributed by atoms with Crippen molar-refractivity contribution in [2.75, 3.05) is 0 Å². The van der Waals surface area contributed by atoms with E-state index >= 15 is 0 Å². The van der Waals surface area contributed by atoms with Crippen LogP contribution in [-0.2, 0) is 0 Å². The highest BCUT2D eigenvalue weighted by atomic mass is 16.4. The van der Waals surface area contributed by atoms with Gasteiger partial charge >= 0.3 is 6.09 Å². The Morgan fingerprint density at radius 3 is 2.59 bits per heavy atom. The van der Waals surface area contributed by atoms with Crippen molar-refractivity contribution in [3.05, 3.63) is 42.4 Å². The molecule has 6 nitrogen and oxygen atoms in total. The van der Waals surface area contributed by atoms with Gasteiger partial charge in [-0.15, -0.1) is 0 Å². The molecule has 1 saturated carbocycles.